The van der Waals surface area contributed by atoms with Gasteiger partial charge in [0.1, 0.15) is 0 Å². The second kappa shape index (κ2) is 4.80. The molecular weight excluding hydrogens is 175 g/mol. The standard InChI is InChI=1S/C8H17O3P/c1-6-12(9,10-7(2)3)11-8(4)5/h6-8H,1H2,2-5H3. The first-order chi connectivity index (χ1) is 5.39. The summed E-state index contributed by atoms with van der Waals surface area (Å²) >= 11 is 0. The van der Waals surface area contributed by atoms with Gasteiger partial charge in [-0.3, -0.25) is 4.57 Å². The topological polar surface area (TPSA) is 35.5 Å². The van der Waals surface area contributed by atoms with Crippen LogP contribution in [0, 0.1) is 0 Å². The molecule has 0 unspecified atom stereocenters. The summed E-state index contributed by atoms with van der Waals surface area (Å²) in [6, 6.07) is 0. The summed E-state index contributed by atoms with van der Waals surface area (Å²) in [5.41, 5.74) is 0. The molecule has 0 radical (unpaired) electrons. The Kier molecular flexibility index (Phi) is 4.76. The van der Waals surface area contributed by atoms with Crippen molar-refractivity contribution in [1.29, 1.82) is 0 Å². The third-order valence-corrected chi connectivity index (χ3v) is 2.82. The third-order valence-electron chi connectivity index (χ3n) is 0.939. The first kappa shape index (κ1) is 11.9. The Morgan fingerprint density at radius 2 is 1.50 bits per heavy atom. The van der Waals surface area contributed by atoms with Crippen LogP contribution in [-0.2, 0) is 13.6 Å². The predicted octanol–water partition coefficient (Wildman–Crippen LogP) is 3.17. The van der Waals surface area contributed by atoms with Crippen LogP contribution in [0.15, 0.2) is 12.4 Å². The molecule has 0 aromatic carbocycles. The van der Waals surface area contributed by atoms with Crippen molar-refractivity contribution < 1.29 is 13.6 Å². The molecule has 72 valence electrons. The van der Waals surface area contributed by atoms with Gasteiger partial charge in [0.05, 0.1) is 12.2 Å². The quantitative estimate of drug-likeness (QED) is 0.627. The molecule has 0 bridgehead atoms. The van der Waals surface area contributed by atoms with Crippen molar-refractivity contribution >= 4 is 7.60 Å². The Labute approximate surface area is 74.3 Å². The van der Waals surface area contributed by atoms with E-state index in [2.05, 4.69) is 6.58 Å². The van der Waals surface area contributed by atoms with E-state index in [1.54, 1.807) is 27.7 Å². The summed E-state index contributed by atoms with van der Waals surface area (Å²) in [7, 11) is -3.05. The summed E-state index contributed by atoms with van der Waals surface area (Å²) in [5, 5.41) is 0. The van der Waals surface area contributed by atoms with E-state index in [0.717, 1.165) is 0 Å². The molecule has 0 aromatic heterocycles. The van der Waals surface area contributed by atoms with Crippen LogP contribution in [0.2, 0.25) is 0 Å². The Morgan fingerprint density at radius 3 is 1.67 bits per heavy atom. The minimum atomic E-state index is -3.05. The van der Waals surface area contributed by atoms with Crippen LogP contribution in [0.4, 0.5) is 0 Å². The lowest BCUT2D eigenvalue weighted by molar-refractivity contribution is 0.149. The van der Waals surface area contributed by atoms with Gasteiger partial charge in [0.15, 0.2) is 0 Å². The van der Waals surface area contributed by atoms with Gasteiger partial charge in [-0.05, 0) is 27.7 Å². The van der Waals surface area contributed by atoms with Crippen molar-refractivity contribution in [2.75, 3.05) is 0 Å². The normalized spacial score (nSPS) is 12.5. The molecule has 0 fully saturated rings. The largest absolute Gasteiger partial charge is 0.354 e. The van der Waals surface area contributed by atoms with E-state index < -0.39 is 7.60 Å². The second-order valence-electron chi connectivity index (χ2n) is 3.03. The number of rotatable bonds is 5. The average Bonchev–Trinajstić information content (AvgIpc) is 1.83. The molecule has 0 saturated carbocycles. The molecular formula is C8H17O3P. The lowest BCUT2D eigenvalue weighted by Crippen LogP contribution is -2.06. The second-order valence-corrected chi connectivity index (χ2v) is 4.90. The third kappa shape index (κ3) is 4.70. The molecule has 0 spiro atoms. The minimum Gasteiger partial charge on any atom is -0.303 e. The van der Waals surface area contributed by atoms with Gasteiger partial charge in [0.25, 0.3) is 0 Å². The smallest absolute Gasteiger partial charge is 0.303 e. The van der Waals surface area contributed by atoms with Gasteiger partial charge in [-0.15, -0.1) is 0 Å². The molecule has 0 amide bonds. The summed E-state index contributed by atoms with van der Waals surface area (Å²) in [6.07, 6.45) is -0.236. The van der Waals surface area contributed by atoms with Gasteiger partial charge in [-0.1, -0.05) is 6.58 Å². The van der Waals surface area contributed by atoms with E-state index in [1.807, 2.05) is 0 Å². The summed E-state index contributed by atoms with van der Waals surface area (Å²) < 4.78 is 21.9. The van der Waals surface area contributed by atoms with Crippen LogP contribution in [0.1, 0.15) is 27.7 Å². The van der Waals surface area contributed by atoms with E-state index in [0.29, 0.717) is 0 Å². The zero-order chi connectivity index (χ0) is 9.78. The maximum absolute atomic E-state index is 11.6. The molecule has 4 heteroatoms. The van der Waals surface area contributed by atoms with Crippen molar-refractivity contribution in [2.24, 2.45) is 0 Å². The zero-order valence-corrected chi connectivity index (χ0v) is 9.01. The van der Waals surface area contributed by atoms with Crippen molar-refractivity contribution in [3.05, 3.63) is 12.4 Å². The Hall–Kier alpha value is -0.110. The molecule has 3 nitrogen and oxygen atoms in total. The highest BCUT2D eigenvalue weighted by Gasteiger charge is 2.22. The molecule has 0 aliphatic carbocycles. The lowest BCUT2D eigenvalue weighted by Gasteiger charge is -2.19. The highest BCUT2D eigenvalue weighted by atomic mass is 31.2. The van der Waals surface area contributed by atoms with Crippen molar-refractivity contribution in [3.63, 3.8) is 0 Å². The SMILES string of the molecule is C=CP(=O)(OC(C)C)OC(C)C. The average molecular weight is 192 g/mol. The highest BCUT2D eigenvalue weighted by Crippen LogP contribution is 2.51. The Morgan fingerprint density at radius 1 is 1.17 bits per heavy atom. The fourth-order valence-corrected chi connectivity index (χ4v) is 2.10. The van der Waals surface area contributed by atoms with E-state index >= 15 is 0 Å². The van der Waals surface area contributed by atoms with Gasteiger partial charge in [-0.2, -0.15) is 0 Å². The van der Waals surface area contributed by atoms with Crippen LogP contribution < -0.4 is 0 Å². The van der Waals surface area contributed by atoms with Crippen molar-refractivity contribution in [1.82, 2.24) is 0 Å². The number of hydrogen-bond acceptors (Lipinski definition) is 3. The number of hydrogen-bond donors (Lipinski definition) is 0. The van der Waals surface area contributed by atoms with E-state index in [-0.39, 0.29) is 12.2 Å². The van der Waals surface area contributed by atoms with Crippen LogP contribution in [0.3, 0.4) is 0 Å². The molecule has 0 aliphatic rings. The molecule has 12 heavy (non-hydrogen) atoms. The van der Waals surface area contributed by atoms with Crippen LogP contribution in [0.25, 0.3) is 0 Å². The first-order valence-corrected chi connectivity index (χ1v) is 5.61. The lowest BCUT2D eigenvalue weighted by atomic mass is 10.5. The van der Waals surface area contributed by atoms with Gasteiger partial charge in [-0.25, -0.2) is 0 Å². The van der Waals surface area contributed by atoms with Crippen LogP contribution in [0.5, 0.6) is 0 Å². The van der Waals surface area contributed by atoms with Crippen LogP contribution in [-0.4, -0.2) is 12.2 Å². The van der Waals surface area contributed by atoms with Crippen LogP contribution >= 0.6 is 7.60 Å². The molecule has 0 aliphatic heterocycles. The van der Waals surface area contributed by atoms with Gasteiger partial charge < -0.3 is 9.05 Å². The van der Waals surface area contributed by atoms with Gasteiger partial charge in [0.2, 0.25) is 0 Å². The maximum atomic E-state index is 11.6. The molecule has 0 rings (SSSR count). The first-order valence-electron chi connectivity index (χ1n) is 3.99. The zero-order valence-electron chi connectivity index (χ0n) is 8.11. The maximum Gasteiger partial charge on any atom is 0.354 e. The fourth-order valence-electron chi connectivity index (χ4n) is 0.699. The molecule has 0 N–H and O–H groups in total. The van der Waals surface area contributed by atoms with Crippen molar-refractivity contribution in [3.8, 4) is 0 Å². The van der Waals surface area contributed by atoms with Crippen molar-refractivity contribution in [2.45, 2.75) is 39.9 Å². The van der Waals surface area contributed by atoms with Gasteiger partial charge >= 0.3 is 7.60 Å². The minimum absolute atomic E-state index is 0.118. The molecule has 0 heterocycles. The Balaban J connectivity index is 4.25. The van der Waals surface area contributed by atoms with E-state index in [9.17, 15) is 4.57 Å². The summed E-state index contributed by atoms with van der Waals surface area (Å²) in [4.78, 5) is 0. The monoisotopic (exact) mass is 192 g/mol. The van der Waals surface area contributed by atoms with Gasteiger partial charge in [0, 0.05) is 5.82 Å². The Bertz CT molecular complexity index is 173. The molecule has 0 saturated heterocycles. The fraction of sp³-hybridized carbons (Fsp3) is 0.750. The summed E-state index contributed by atoms with van der Waals surface area (Å²) in [6.45, 7) is 10.6. The summed E-state index contributed by atoms with van der Waals surface area (Å²) in [5.74, 6) is 1.24. The predicted molar refractivity (Wildman–Crippen MR) is 50.2 cm³/mol. The van der Waals surface area contributed by atoms with E-state index in [1.165, 1.54) is 5.82 Å². The van der Waals surface area contributed by atoms with E-state index in [4.69, 9.17) is 9.05 Å². The molecule has 0 aromatic rings. The highest BCUT2D eigenvalue weighted by molar-refractivity contribution is 7.57. The molecule has 0 atom stereocenters.